The first-order valence-electron chi connectivity index (χ1n) is 10.6. The Labute approximate surface area is 173 Å². The van der Waals surface area contributed by atoms with Crippen LogP contribution in [0.4, 0.5) is 5.95 Å². The first kappa shape index (κ1) is 21.5. The van der Waals surface area contributed by atoms with E-state index in [-0.39, 0.29) is 6.61 Å². The SMILES string of the molecule is Cn1nc(CCCN)nc1NCC(O)COc1cccc(CN2CCCCC2)c1. The Bertz CT molecular complexity index is 745. The van der Waals surface area contributed by atoms with Gasteiger partial charge in [0.05, 0.1) is 0 Å². The smallest absolute Gasteiger partial charge is 0.221 e. The van der Waals surface area contributed by atoms with Gasteiger partial charge in [0.25, 0.3) is 0 Å². The van der Waals surface area contributed by atoms with E-state index in [0.29, 0.717) is 19.0 Å². The van der Waals surface area contributed by atoms with Crippen molar-refractivity contribution in [1.82, 2.24) is 19.7 Å². The van der Waals surface area contributed by atoms with Gasteiger partial charge in [0, 0.05) is 26.6 Å². The van der Waals surface area contributed by atoms with Crippen LogP contribution in [-0.4, -0.2) is 63.7 Å². The number of nitrogens with one attached hydrogen (secondary N) is 1. The van der Waals surface area contributed by atoms with E-state index in [9.17, 15) is 5.11 Å². The van der Waals surface area contributed by atoms with E-state index in [1.54, 1.807) is 4.68 Å². The molecule has 8 heteroatoms. The van der Waals surface area contributed by atoms with Crippen LogP contribution in [0.25, 0.3) is 0 Å². The number of aliphatic hydroxyl groups is 1. The topological polar surface area (TPSA) is 101 Å². The quantitative estimate of drug-likeness (QED) is 0.524. The van der Waals surface area contributed by atoms with Crippen LogP contribution in [0.1, 0.15) is 37.1 Å². The summed E-state index contributed by atoms with van der Waals surface area (Å²) in [5.74, 6) is 2.19. The standard InChI is InChI=1S/C21H34N6O2/c1-26-21(24-20(25-26)9-6-10-22)23-14-18(28)16-29-19-8-5-7-17(13-19)15-27-11-3-2-4-12-27/h5,7-8,13,18,28H,2-4,6,9-12,14-16,22H2,1H3,(H,23,24,25). The van der Waals surface area contributed by atoms with Crippen LogP contribution in [0.3, 0.4) is 0 Å². The Kier molecular flexibility index (Phi) is 8.27. The third-order valence-electron chi connectivity index (χ3n) is 5.10. The van der Waals surface area contributed by atoms with Crippen LogP contribution in [0.2, 0.25) is 0 Å². The van der Waals surface area contributed by atoms with Gasteiger partial charge in [-0.3, -0.25) is 4.90 Å². The fourth-order valence-electron chi connectivity index (χ4n) is 3.53. The van der Waals surface area contributed by atoms with Crippen molar-refractivity contribution in [3.63, 3.8) is 0 Å². The summed E-state index contributed by atoms with van der Waals surface area (Å²) in [6, 6.07) is 8.16. The first-order chi connectivity index (χ1) is 14.1. The van der Waals surface area contributed by atoms with Gasteiger partial charge in [-0.25, -0.2) is 4.68 Å². The number of aromatic nitrogens is 3. The van der Waals surface area contributed by atoms with E-state index < -0.39 is 6.10 Å². The molecule has 1 aromatic heterocycles. The molecule has 0 amide bonds. The number of rotatable bonds is 11. The minimum atomic E-state index is -0.648. The molecule has 1 fully saturated rings. The van der Waals surface area contributed by atoms with Crippen molar-refractivity contribution in [2.45, 2.75) is 44.8 Å². The Balaban J connectivity index is 1.42. The Morgan fingerprint density at radius 1 is 1.28 bits per heavy atom. The molecule has 0 radical (unpaired) electrons. The summed E-state index contributed by atoms with van der Waals surface area (Å²) in [6.45, 7) is 4.49. The Morgan fingerprint density at radius 2 is 2.10 bits per heavy atom. The molecule has 0 aliphatic carbocycles. The monoisotopic (exact) mass is 402 g/mol. The minimum absolute atomic E-state index is 0.220. The second-order valence-electron chi connectivity index (χ2n) is 7.70. The van der Waals surface area contributed by atoms with Crippen LogP contribution < -0.4 is 15.8 Å². The zero-order valence-electron chi connectivity index (χ0n) is 17.4. The number of piperidine rings is 1. The highest BCUT2D eigenvalue weighted by Gasteiger charge is 2.12. The number of aryl methyl sites for hydroxylation is 2. The fraction of sp³-hybridized carbons (Fsp3) is 0.619. The molecule has 0 saturated carbocycles. The van der Waals surface area contributed by atoms with Crippen molar-refractivity contribution >= 4 is 5.95 Å². The number of ether oxygens (including phenoxy) is 1. The minimum Gasteiger partial charge on any atom is -0.491 e. The van der Waals surface area contributed by atoms with Crippen molar-refractivity contribution in [3.05, 3.63) is 35.7 Å². The van der Waals surface area contributed by atoms with E-state index in [1.807, 2.05) is 19.2 Å². The number of benzene rings is 1. The molecule has 160 valence electrons. The molecular weight excluding hydrogens is 368 g/mol. The lowest BCUT2D eigenvalue weighted by Crippen LogP contribution is -2.29. The molecule has 1 aliphatic rings. The zero-order valence-corrected chi connectivity index (χ0v) is 17.4. The largest absolute Gasteiger partial charge is 0.491 e. The number of hydrogen-bond donors (Lipinski definition) is 3. The van der Waals surface area contributed by atoms with E-state index >= 15 is 0 Å². The maximum atomic E-state index is 10.3. The molecule has 3 rings (SSSR count). The number of hydrogen-bond acceptors (Lipinski definition) is 7. The van der Waals surface area contributed by atoms with E-state index in [2.05, 4.69) is 32.4 Å². The van der Waals surface area contributed by atoms with Gasteiger partial charge >= 0.3 is 0 Å². The number of likely N-dealkylation sites (tertiary alicyclic amines) is 1. The zero-order chi connectivity index (χ0) is 20.5. The predicted molar refractivity (Wildman–Crippen MR) is 114 cm³/mol. The van der Waals surface area contributed by atoms with Gasteiger partial charge in [-0.05, 0) is 56.6 Å². The van der Waals surface area contributed by atoms with Gasteiger partial charge in [-0.1, -0.05) is 18.6 Å². The second kappa shape index (κ2) is 11.1. The molecule has 8 nitrogen and oxygen atoms in total. The maximum absolute atomic E-state index is 10.3. The van der Waals surface area contributed by atoms with Gasteiger partial charge in [0.1, 0.15) is 18.5 Å². The summed E-state index contributed by atoms with van der Waals surface area (Å²) in [4.78, 5) is 6.92. The molecule has 1 atom stereocenters. The highest BCUT2D eigenvalue weighted by molar-refractivity contribution is 5.29. The van der Waals surface area contributed by atoms with Gasteiger partial charge < -0.3 is 20.9 Å². The summed E-state index contributed by atoms with van der Waals surface area (Å²) < 4.78 is 7.49. The van der Waals surface area contributed by atoms with Gasteiger partial charge in [-0.15, -0.1) is 0 Å². The molecule has 2 aromatic rings. The summed E-state index contributed by atoms with van der Waals surface area (Å²) in [6.07, 6.45) is 4.88. The van der Waals surface area contributed by atoms with Crippen molar-refractivity contribution in [1.29, 1.82) is 0 Å². The highest BCUT2D eigenvalue weighted by Crippen LogP contribution is 2.18. The second-order valence-corrected chi connectivity index (χ2v) is 7.70. The van der Waals surface area contributed by atoms with Gasteiger partial charge in [0.2, 0.25) is 5.95 Å². The molecule has 0 bridgehead atoms. The molecule has 1 aromatic carbocycles. The van der Waals surface area contributed by atoms with Crippen molar-refractivity contribution < 1.29 is 9.84 Å². The van der Waals surface area contributed by atoms with Crippen LogP contribution in [0, 0.1) is 0 Å². The van der Waals surface area contributed by atoms with Crippen molar-refractivity contribution in [3.8, 4) is 5.75 Å². The lowest BCUT2D eigenvalue weighted by molar-refractivity contribution is 0.117. The summed E-state index contributed by atoms with van der Waals surface area (Å²) >= 11 is 0. The Hall–Kier alpha value is -2.16. The summed E-state index contributed by atoms with van der Waals surface area (Å²) in [7, 11) is 1.83. The lowest BCUT2D eigenvalue weighted by atomic mass is 10.1. The van der Waals surface area contributed by atoms with Crippen LogP contribution in [-0.2, 0) is 20.0 Å². The van der Waals surface area contributed by atoms with Crippen LogP contribution >= 0.6 is 0 Å². The molecule has 0 spiro atoms. The van der Waals surface area contributed by atoms with Gasteiger partial charge in [0.15, 0.2) is 5.82 Å². The summed E-state index contributed by atoms with van der Waals surface area (Å²) in [5.41, 5.74) is 6.78. The number of nitrogens with two attached hydrogens (primary N) is 1. The van der Waals surface area contributed by atoms with Crippen molar-refractivity contribution in [2.75, 3.05) is 38.1 Å². The van der Waals surface area contributed by atoms with E-state index in [1.165, 1.54) is 37.9 Å². The third kappa shape index (κ3) is 6.99. The fourth-order valence-corrected chi connectivity index (χ4v) is 3.53. The normalized spacial score (nSPS) is 16.0. The average molecular weight is 403 g/mol. The Morgan fingerprint density at radius 3 is 2.90 bits per heavy atom. The lowest BCUT2D eigenvalue weighted by Gasteiger charge is -2.26. The third-order valence-corrected chi connectivity index (χ3v) is 5.10. The molecular formula is C21H34N6O2. The van der Waals surface area contributed by atoms with Crippen LogP contribution in [0.15, 0.2) is 24.3 Å². The maximum Gasteiger partial charge on any atom is 0.221 e. The van der Waals surface area contributed by atoms with E-state index in [0.717, 1.165) is 31.0 Å². The predicted octanol–water partition coefficient (Wildman–Crippen LogP) is 1.54. The number of aliphatic hydroxyl groups excluding tert-OH is 1. The number of nitrogens with zero attached hydrogens (tertiary/aromatic N) is 4. The molecule has 2 heterocycles. The summed E-state index contributed by atoms with van der Waals surface area (Å²) in [5, 5.41) is 17.8. The van der Waals surface area contributed by atoms with Crippen LogP contribution in [0.5, 0.6) is 5.75 Å². The molecule has 4 N–H and O–H groups in total. The molecule has 1 saturated heterocycles. The number of anilines is 1. The van der Waals surface area contributed by atoms with Gasteiger partial charge in [-0.2, -0.15) is 10.1 Å². The molecule has 1 aliphatic heterocycles. The average Bonchev–Trinajstić information content (AvgIpc) is 3.09. The molecule has 29 heavy (non-hydrogen) atoms. The van der Waals surface area contributed by atoms with E-state index in [4.69, 9.17) is 10.5 Å². The van der Waals surface area contributed by atoms with Crippen molar-refractivity contribution in [2.24, 2.45) is 12.8 Å². The first-order valence-corrected chi connectivity index (χ1v) is 10.6. The molecule has 1 unspecified atom stereocenters. The highest BCUT2D eigenvalue weighted by atomic mass is 16.5.